The number of imide groups is 2. The number of carbonyl (C=O) groups excluding carboxylic acids is 6. The Hall–Kier alpha value is -6.43. The minimum Gasteiger partial charge on any atom is -0.507 e. The fourth-order valence-electron chi connectivity index (χ4n) is 7.16. The maximum Gasteiger partial charge on any atom is 0.262 e. The highest BCUT2D eigenvalue weighted by molar-refractivity contribution is 6.34. The number of likely N-dealkylation sites (N-methyl/N-ethyl adjacent to an activating group) is 1. The number of carbonyl (C=O) groups is 6. The van der Waals surface area contributed by atoms with Crippen molar-refractivity contribution >= 4 is 69.7 Å². The van der Waals surface area contributed by atoms with E-state index < -0.39 is 52.6 Å². The number of piperazine rings is 1. The second-order valence-corrected chi connectivity index (χ2v) is 14.3. The quantitative estimate of drug-likeness (QED) is 0.187. The van der Waals surface area contributed by atoms with Crippen LogP contribution < -0.4 is 20.3 Å². The third kappa shape index (κ3) is 7.66. The number of hydrogen-bond donors (Lipinski definition) is 3. The Labute approximate surface area is 334 Å². The summed E-state index contributed by atoms with van der Waals surface area (Å²) in [5, 5.41) is 15.6. The largest absolute Gasteiger partial charge is 0.507 e. The van der Waals surface area contributed by atoms with Crippen LogP contribution in [0.25, 0.3) is 22.0 Å². The second kappa shape index (κ2) is 16.2. The minimum atomic E-state index is -1.10. The fraction of sp³-hybridized carbons (Fsp3) is 0.333. The lowest BCUT2D eigenvalue weighted by Crippen LogP contribution is -2.54. The molecular weight excluding hydrogens is 782 g/mol. The van der Waals surface area contributed by atoms with E-state index in [2.05, 4.69) is 20.6 Å². The van der Waals surface area contributed by atoms with Crippen LogP contribution in [0.3, 0.4) is 0 Å². The lowest BCUT2D eigenvalue weighted by Gasteiger charge is -2.35. The first-order chi connectivity index (χ1) is 27.7. The van der Waals surface area contributed by atoms with Crippen molar-refractivity contribution < 1.29 is 47.4 Å². The van der Waals surface area contributed by atoms with Gasteiger partial charge in [-0.25, -0.2) is 13.8 Å². The average Bonchev–Trinajstić information content (AvgIpc) is 3.43. The standard InChI is InChI=1S/C39H37ClF2N8O8/c1-20(51)48-12-14-49(15-13-48)35-24-19-25(40)31(32-26(41)4-3-5-28(32)52)33(42)34(24)45-39(46-35)43-11-10-30(54)47(2)16-17-58-21-6-7-22-23(18-21)38(57)50(37(22)56)27-8-9-29(53)44-36(27)55/h3-7,18-19,27,52H,8-17H2,1-2H3,(H,43,45,46)(H,44,53,55)/t27-/m1/s1. The van der Waals surface area contributed by atoms with Crippen LogP contribution in [0.4, 0.5) is 20.5 Å². The third-order valence-electron chi connectivity index (χ3n) is 10.3. The van der Waals surface area contributed by atoms with Gasteiger partial charge in [-0.3, -0.25) is 39.0 Å². The smallest absolute Gasteiger partial charge is 0.262 e. The van der Waals surface area contributed by atoms with Crippen LogP contribution in [0, 0.1) is 11.6 Å². The molecule has 0 radical (unpaired) electrons. The number of halogens is 3. The lowest BCUT2D eigenvalue weighted by molar-refractivity contribution is -0.136. The van der Waals surface area contributed by atoms with E-state index in [1.807, 2.05) is 4.90 Å². The van der Waals surface area contributed by atoms with Crippen LogP contribution in [-0.2, 0) is 19.2 Å². The summed E-state index contributed by atoms with van der Waals surface area (Å²) in [6.07, 6.45) is 0.0000520. The van der Waals surface area contributed by atoms with Crippen molar-refractivity contribution in [2.75, 3.05) is 63.1 Å². The number of aromatic nitrogens is 2. The van der Waals surface area contributed by atoms with Crippen molar-refractivity contribution in [2.45, 2.75) is 32.2 Å². The van der Waals surface area contributed by atoms with Crippen LogP contribution in [0.15, 0.2) is 42.5 Å². The summed E-state index contributed by atoms with van der Waals surface area (Å²) in [6.45, 7) is 3.19. The molecule has 3 aromatic carbocycles. The molecule has 302 valence electrons. The average molecular weight is 819 g/mol. The molecule has 3 aliphatic heterocycles. The summed E-state index contributed by atoms with van der Waals surface area (Å²) in [7, 11) is 1.57. The van der Waals surface area contributed by atoms with Gasteiger partial charge in [0.15, 0.2) is 5.82 Å². The third-order valence-corrected chi connectivity index (χ3v) is 10.6. The van der Waals surface area contributed by atoms with Gasteiger partial charge in [0.1, 0.15) is 41.3 Å². The van der Waals surface area contributed by atoms with Gasteiger partial charge in [-0.2, -0.15) is 4.98 Å². The normalized spacial score (nSPS) is 16.8. The summed E-state index contributed by atoms with van der Waals surface area (Å²) in [6, 6.07) is 8.20. The summed E-state index contributed by atoms with van der Waals surface area (Å²) in [4.78, 5) is 89.9. The Morgan fingerprint density at radius 1 is 1.02 bits per heavy atom. The first kappa shape index (κ1) is 39.8. The molecule has 58 heavy (non-hydrogen) atoms. The number of aromatic hydroxyl groups is 1. The van der Waals surface area contributed by atoms with Crippen LogP contribution in [0.1, 0.15) is 46.9 Å². The summed E-state index contributed by atoms with van der Waals surface area (Å²) in [5.41, 5.74) is -0.841. The van der Waals surface area contributed by atoms with Crippen LogP contribution in [-0.4, -0.2) is 124 Å². The van der Waals surface area contributed by atoms with E-state index in [4.69, 9.17) is 16.3 Å². The van der Waals surface area contributed by atoms with Gasteiger partial charge in [-0.05, 0) is 42.8 Å². The Kier molecular flexibility index (Phi) is 11.1. The Morgan fingerprint density at radius 2 is 1.76 bits per heavy atom. The molecule has 7 rings (SSSR count). The first-order valence-corrected chi connectivity index (χ1v) is 18.8. The molecule has 6 amide bonds. The molecule has 0 aliphatic carbocycles. The number of hydrogen-bond acceptors (Lipinski definition) is 12. The van der Waals surface area contributed by atoms with E-state index in [-0.39, 0.29) is 95.1 Å². The van der Waals surface area contributed by atoms with E-state index in [9.17, 15) is 38.3 Å². The molecule has 0 saturated carbocycles. The summed E-state index contributed by atoms with van der Waals surface area (Å²) < 4.78 is 37.1. The zero-order chi connectivity index (χ0) is 41.4. The van der Waals surface area contributed by atoms with Crippen molar-refractivity contribution in [3.63, 3.8) is 0 Å². The number of rotatable bonds is 11. The minimum absolute atomic E-state index is 0.00210. The fourth-order valence-corrected chi connectivity index (χ4v) is 7.45. The Bertz CT molecular complexity index is 2370. The van der Waals surface area contributed by atoms with Gasteiger partial charge in [0, 0.05) is 70.5 Å². The number of fused-ring (bicyclic) bond motifs is 2. The molecule has 1 atom stereocenters. The predicted octanol–water partition coefficient (Wildman–Crippen LogP) is 3.34. The SMILES string of the molecule is CC(=O)N1CCN(c2nc(NCCC(=O)N(C)CCOc3ccc4c(c3)C(=O)N([C@@H]3CCC(=O)NC3=O)C4=O)nc3c(F)c(-c4c(O)cccc4F)c(Cl)cc23)CC1. The molecule has 0 spiro atoms. The zero-order valence-corrected chi connectivity index (χ0v) is 32.1. The molecule has 2 saturated heterocycles. The molecule has 4 heterocycles. The molecular formula is C39H37ClF2N8O8. The highest BCUT2D eigenvalue weighted by Gasteiger charge is 2.44. The molecule has 16 nitrogen and oxygen atoms in total. The first-order valence-electron chi connectivity index (χ1n) is 18.4. The van der Waals surface area contributed by atoms with E-state index in [1.165, 1.54) is 48.2 Å². The maximum absolute atomic E-state index is 16.4. The van der Waals surface area contributed by atoms with Crippen molar-refractivity contribution in [3.05, 3.63) is 70.2 Å². The van der Waals surface area contributed by atoms with Gasteiger partial charge in [-0.1, -0.05) is 17.7 Å². The molecule has 3 aliphatic rings. The highest BCUT2D eigenvalue weighted by Crippen LogP contribution is 2.42. The highest BCUT2D eigenvalue weighted by atomic mass is 35.5. The Balaban J connectivity index is 1.01. The number of phenolic OH excluding ortho intramolecular Hbond substituents is 1. The van der Waals surface area contributed by atoms with Crippen molar-refractivity contribution in [1.82, 2.24) is 30.0 Å². The number of nitrogens with zero attached hydrogens (tertiary/aromatic N) is 6. The van der Waals surface area contributed by atoms with Gasteiger partial charge >= 0.3 is 0 Å². The molecule has 19 heteroatoms. The molecule has 2 fully saturated rings. The molecule has 0 unspecified atom stereocenters. The van der Waals surface area contributed by atoms with Crippen LogP contribution in [0.5, 0.6) is 11.5 Å². The van der Waals surface area contributed by atoms with Crippen LogP contribution in [0.2, 0.25) is 5.02 Å². The summed E-state index contributed by atoms with van der Waals surface area (Å²) >= 11 is 6.54. The lowest BCUT2D eigenvalue weighted by atomic mass is 10.0. The second-order valence-electron chi connectivity index (χ2n) is 13.9. The monoisotopic (exact) mass is 818 g/mol. The van der Waals surface area contributed by atoms with Crippen molar-refractivity contribution in [2.24, 2.45) is 0 Å². The van der Waals surface area contributed by atoms with Gasteiger partial charge in [0.2, 0.25) is 29.6 Å². The molecule has 1 aromatic heterocycles. The number of phenols is 1. The van der Waals surface area contributed by atoms with Gasteiger partial charge in [0.05, 0.1) is 28.3 Å². The maximum atomic E-state index is 16.4. The number of nitrogens with one attached hydrogen (secondary N) is 2. The molecule has 4 aromatic rings. The van der Waals surface area contributed by atoms with Gasteiger partial charge in [0.25, 0.3) is 11.8 Å². The van der Waals surface area contributed by atoms with Crippen molar-refractivity contribution in [3.8, 4) is 22.6 Å². The van der Waals surface area contributed by atoms with Gasteiger partial charge in [-0.15, -0.1) is 0 Å². The van der Waals surface area contributed by atoms with Gasteiger partial charge < -0.3 is 29.9 Å². The van der Waals surface area contributed by atoms with E-state index in [0.29, 0.717) is 32.0 Å². The van der Waals surface area contributed by atoms with Crippen molar-refractivity contribution in [1.29, 1.82) is 0 Å². The van der Waals surface area contributed by atoms with E-state index >= 15 is 4.39 Å². The number of ether oxygens (including phenoxy) is 1. The zero-order valence-electron chi connectivity index (χ0n) is 31.3. The van der Waals surface area contributed by atoms with E-state index in [1.54, 1.807) is 11.9 Å². The molecule has 3 N–H and O–H groups in total. The Morgan fingerprint density at radius 3 is 2.47 bits per heavy atom. The number of anilines is 2. The predicted molar refractivity (Wildman–Crippen MR) is 205 cm³/mol. The number of amides is 6. The van der Waals surface area contributed by atoms with Crippen LogP contribution >= 0.6 is 11.6 Å². The summed E-state index contributed by atoms with van der Waals surface area (Å²) in [5.74, 6) is -4.71. The number of piperidine rings is 1. The number of benzene rings is 3. The molecule has 0 bridgehead atoms. The van der Waals surface area contributed by atoms with E-state index in [0.717, 1.165) is 11.0 Å². The topological polar surface area (TPSA) is 195 Å².